The van der Waals surface area contributed by atoms with Crippen molar-refractivity contribution in [3.8, 4) is 0 Å². The van der Waals surface area contributed by atoms with Gasteiger partial charge in [-0.15, -0.1) is 0 Å². The van der Waals surface area contributed by atoms with Crippen molar-refractivity contribution in [3.05, 3.63) is 52.5 Å². The zero-order valence-electron chi connectivity index (χ0n) is 18.3. The van der Waals surface area contributed by atoms with Crippen LogP contribution in [-0.4, -0.2) is 60.3 Å². The lowest BCUT2D eigenvalue weighted by Gasteiger charge is -2.34. The van der Waals surface area contributed by atoms with Gasteiger partial charge in [0.2, 0.25) is 6.41 Å². The number of piperazine rings is 1. The number of rotatable bonds is 5. The van der Waals surface area contributed by atoms with Crippen LogP contribution in [0.3, 0.4) is 0 Å². The molecule has 3 rings (SSSR count). The van der Waals surface area contributed by atoms with Crippen molar-refractivity contribution in [1.82, 2.24) is 20.2 Å². The fraction of sp³-hybridized carbons (Fsp3) is 0.364. The van der Waals surface area contributed by atoms with Crippen LogP contribution in [0.15, 0.2) is 29.0 Å². The first-order chi connectivity index (χ1) is 14.8. The number of aromatic nitrogens is 2. The third kappa shape index (κ3) is 5.43. The minimum atomic E-state index is -0.359. The first-order valence-corrected chi connectivity index (χ1v) is 10.1. The Balaban J connectivity index is 1.93. The van der Waals surface area contributed by atoms with Gasteiger partial charge >= 0.3 is 0 Å². The molecule has 2 heterocycles. The molecule has 3 N–H and O–H groups in total. The number of aliphatic imine (C=N–C) groups is 1. The Morgan fingerprint density at radius 2 is 1.94 bits per heavy atom. The van der Waals surface area contributed by atoms with Crippen molar-refractivity contribution in [3.63, 3.8) is 0 Å². The molecule has 164 valence electrons. The Morgan fingerprint density at radius 1 is 1.23 bits per heavy atom. The predicted molar refractivity (Wildman–Crippen MR) is 121 cm³/mol. The lowest BCUT2D eigenvalue weighted by atomic mass is 10.1. The highest BCUT2D eigenvalue weighted by Gasteiger charge is 2.19. The van der Waals surface area contributed by atoms with Gasteiger partial charge in [0, 0.05) is 38.4 Å². The number of nitrogens with one attached hydrogen (secondary N) is 1. The van der Waals surface area contributed by atoms with Crippen molar-refractivity contribution >= 4 is 29.7 Å². The fourth-order valence-corrected chi connectivity index (χ4v) is 3.39. The molecule has 1 aliphatic rings. The van der Waals surface area contributed by atoms with Gasteiger partial charge in [-0.05, 0) is 45.5 Å². The molecule has 9 heteroatoms. The maximum absolute atomic E-state index is 14.9. The van der Waals surface area contributed by atoms with Crippen LogP contribution < -0.4 is 16.0 Å². The van der Waals surface area contributed by atoms with Gasteiger partial charge < -0.3 is 20.9 Å². The van der Waals surface area contributed by atoms with E-state index in [0.29, 0.717) is 29.2 Å². The molecule has 1 aromatic carbocycles. The topological polar surface area (TPSA) is 99.7 Å². The van der Waals surface area contributed by atoms with Crippen LogP contribution in [0.2, 0.25) is 0 Å². The van der Waals surface area contributed by atoms with Crippen molar-refractivity contribution in [2.24, 2.45) is 10.7 Å². The summed E-state index contributed by atoms with van der Waals surface area (Å²) in [7, 11) is 2.06. The summed E-state index contributed by atoms with van der Waals surface area (Å²) in [4.78, 5) is 28.5. The number of anilines is 1. The minimum absolute atomic E-state index is 0.117. The second-order valence-corrected chi connectivity index (χ2v) is 7.68. The van der Waals surface area contributed by atoms with Crippen LogP contribution >= 0.6 is 0 Å². The SMILES string of the molecule is Cc1cnc(C=C(N)C(=Nc2cc(F)c(N3CCN(C)CC3)cc2C)NC=O)c(C)n1. The number of nitrogens with zero attached hydrogens (tertiary/aromatic N) is 5. The summed E-state index contributed by atoms with van der Waals surface area (Å²) in [5, 5.41) is 2.50. The number of amides is 1. The summed E-state index contributed by atoms with van der Waals surface area (Å²) in [5.74, 6) is -0.242. The van der Waals surface area contributed by atoms with Crippen LogP contribution in [0.4, 0.5) is 15.8 Å². The van der Waals surface area contributed by atoms with Crippen LogP contribution in [0.5, 0.6) is 0 Å². The van der Waals surface area contributed by atoms with Crippen molar-refractivity contribution < 1.29 is 9.18 Å². The number of amidine groups is 1. The number of benzene rings is 1. The van der Waals surface area contributed by atoms with E-state index in [1.165, 1.54) is 6.07 Å². The summed E-state index contributed by atoms with van der Waals surface area (Å²) < 4.78 is 14.9. The van der Waals surface area contributed by atoms with Gasteiger partial charge in [0.15, 0.2) is 5.84 Å². The molecule has 2 aromatic rings. The molecule has 1 amide bonds. The molecule has 0 bridgehead atoms. The molecule has 1 saturated heterocycles. The smallest absolute Gasteiger partial charge is 0.212 e. The highest BCUT2D eigenvalue weighted by molar-refractivity contribution is 6.06. The molecule has 8 nitrogen and oxygen atoms in total. The highest BCUT2D eigenvalue weighted by atomic mass is 19.1. The zero-order valence-corrected chi connectivity index (χ0v) is 18.3. The Kier molecular flexibility index (Phi) is 6.96. The molecule has 1 aromatic heterocycles. The molecule has 0 unspecified atom stereocenters. The third-order valence-electron chi connectivity index (χ3n) is 5.21. The molecule has 31 heavy (non-hydrogen) atoms. The first-order valence-electron chi connectivity index (χ1n) is 10.1. The summed E-state index contributed by atoms with van der Waals surface area (Å²) in [6.45, 7) is 8.81. The summed E-state index contributed by atoms with van der Waals surface area (Å²) in [5.41, 5.74) is 10.2. The summed E-state index contributed by atoms with van der Waals surface area (Å²) in [6, 6.07) is 3.16. The summed E-state index contributed by atoms with van der Waals surface area (Å²) in [6.07, 6.45) is 3.70. The van der Waals surface area contributed by atoms with E-state index in [1.54, 1.807) is 18.3 Å². The van der Waals surface area contributed by atoms with Gasteiger partial charge in [-0.3, -0.25) is 14.8 Å². The zero-order chi connectivity index (χ0) is 22.5. The van der Waals surface area contributed by atoms with E-state index in [2.05, 4.69) is 32.2 Å². The van der Waals surface area contributed by atoms with E-state index in [0.717, 1.165) is 37.4 Å². The maximum Gasteiger partial charge on any atom is 0.212 e. The van der Waals surface area contributed by atoms with Crippen LogP contribution in [0, 0.1) is 26.6 Å². The van der Waals surface area contributed by atoms with E-state index < -0.39 is 0 Å². The number of hydrogen-bond acceptors (Lipinski definition) is 7. The monoisotopic (exact) mass is 425 g/mol. The fourth-order valence-electron chi connectivity index (χ4n) is 3.39. The second kappa shape index (κ2) is 9.65. The first kappa shape index (κ1) is 22.4. The lowest BCUT2D eigenvalue weighted by Crippen LogP contribution is -2.44. The van der Waals surface area contributed by atoms with E-state index in [-0.39, 0.29) is 17.3 Å². The van der Waals surface area contributed by atoms with Crippen molar-refractivity contribution in [2.45, 2.75) is 20.8 Å². The molecule has 0 spiro atoms. The molecule has 1 fully saturated rings. The normalized spacial score (nSPS) is 15.8. The van der Waals surface area contributed by atoms with Gasteiger partial charge in [-0.1, -0.05) is 0 Å². The standard InChI is InChI=1S/C22H28FN7O/c1-14-9-21(30-7-5-29(4)6-8-30)17(23)10-19(14)28-22(26-13-31)18(24)11-20-16(3)27-15(2)12-25-20/h9-13H,5-8,24H2,1-4H3,(H,26,28,31). The van der Waals surface area contributed by atoms with E-state index in [9.17, 15) is 9.18 Å². The van der Waals surface area contributed by atoms with Gasteiger partial charge in [-0.25, -0.2) is 9.38 Å². The van der Waals surface area contributed by atoms with E-state index in [1.807, 2.05) is 25.7 Å². The maximum atomic E-state index is 14.9. The number of halogens is 1. The molecule has 1 aliphatic heterocycles. The molecular weight excluding hydrogens is 397 g/mol. The quantitative estimate of drug-likeness (QED) is 0.432. The van der Waals surface area contributed by atoms with Gasteiger partial charge in [-0.2, -0.15) is 0 Å². The number of likely N-dealkylation sites (N-methyl/N-ethyl adjacent to an activating group) is 1. The number of aryl methyl sites for hydroxylation is 3. The number of hydrogen-bond donors (Lipinski definition) is 2. The van der Waals surface area contributed by atoms with Gasteiger partial charge in [0.25, 0.3) is 0 Å². The largest absolute Gasteiger partial charge is 0.396 e. The van der Waals surface area contributed by atoms with E-state index >= 15 is 0 Å². The Labute approximate surface area is 181 Å². The Bertz CT molecular complexity index is 1030. The lowest BCUT2D eigenvalue weighted by molar-refractivity contribution is -0.108. The van der Waals surface area contributed by atoms with Crippen molar-refractivity contribution in [1.29, 1.82) is 0 Å². The minimum Gasteiger partial charge on any atom is -0.396 e. The number of nitrogens with two attached hydrogens (primary N) is 1. The molecule has 0 saturated carbocycles. The second-order valence-electron chi connectivity index (χ2n) is 7.68. The summed E-state index contributed by atoms with van der Waals surface area (Å²) >= 11 is 0. The number of carbonyl (C=O) groups excluding carboxylic acids is 1. The molecule has 0 aliphatic carbocycles. The Morgan fingerprint density at radius 3 is 2.58 bits per heavy atom. The van der Waals surface area contributed by atoms with Crippen LogP contribution in [0.25, 0.3) is 6.08 Å². The predicted octanol–water partition coefficient (Wildman–Crippen LogP) is 2.07. The average molecular weight is 426 g/mol. The molecule has 0 atom stereocenters. The average Bonchev–Trinajstić information content (AvgIpc) is 2.72. The van der Waals surface area contributed by atoms with E-state index in [4.69, 9.17) is 5.73 Å². The third-order valence-corrected chi connectivity index (χ3v) is 5.21. The van der Waals surface area contributed by atoms with Gasteiger partial charge in [0.1, 0.15) is 5.82 Å². The number of carbonyl (C=O) groups is 1. The molecule has 0 radical (unpaired) electrons. The highest BCUT2D eigenvalue weighted by Crippen LogP contribution is 2.29. The van der Waals surface area contributed by atoms with Gasteiger partial charge in [0.05, 0.1) is 34.2 Å². The van der Waals surface area contributed by atoms with Crippen molar-refractivity contribution in [2.75, 3.05) is 38.1 Å². The van der Waals surface area contributed by atoms with Crippen LogP contribution in [0.1, 0.15) is 22.6 Å². The molecular formula is C22H28FN7O. The Hall–Kier alpha value is -3.33. The van der Waals surface area contributed by atoms with Crippen LogP contribution in [-0.2, 0) is 4.79 Å².